The minimum atomic E-state index is -0.212. The molecule has 0 radical (unpaired) electrons. The number of nitrogens with one attached hydrogen (secondary N) is 2. The number of aromatic nitrogens is 2. The second kappa shape index (κ2) is 6.37. The van der Waals surface area contributed by atoms with Crippen molar-refractivity contribution in [1.82, 2.24) is 15.5 Å². The number of hydrogen-bond acceptors (Lipinski definition) is 5. The second-order valence-corrected chi connectivity index (χ2v) is 6.60. The van der Waals surface area contributed by atoms with Crippen molar-refractivity contribution < 1.29 is 4.79 Å². The Morgan fingerprint density at radius 2 is 2.35 bits per heavy atom. The zero-order valence-electron chi connectivity index (χ0n) is 11.6. The predicted octanol–water partition coefficient (Wildman–Crippen LogP) is 2.24. The Morgan fingerprint density at radius 3 is 3.10 bits per heavy atom. The van der Waals surface area contributed by atoms with Gasteiger partial charge in [0.05, 0.1) is 5.41 Å². The van der Waals surface area contributed by atoms with E-state index < -0.39 is 0 Å². The monoisotopic (exact) mass is 316 g/mol. The molecule has 0 bridgehead atoms. The molecule has 0 unspecified atom stereocenters. The fourth-order valence-electron chi connectivity index (χ4n) is 3.36. The number of aryl methyl sites for hydroxylation is 1. The summed E-state index contributed by atoms with van der Waals surface area (Å²) in [6, 6.07) is 0. The van der Waals surface area contributed by atoms with Gasteiger partial charge in [0.15, 0.2) is 0 Å². The van der Waals surface area contributed by atoms with Crippen LogP contribution in [-0.2, 0) is 11.2 Å². The van der Waals surface area contributed by atoms with Gasteiger partial charge in [-0.05, 0) is 31.7 Å². The maximum absolute atomic E-state index is 12.7. The number of carbonyl (C=O) groups excluding carboxylic acids is 1. The van der Waals surface area contributed by atoms with Crippen LogP contribution in [0, 0.1) is 11.3 Å². The van der Waals surface area contributed by atoms with Crippen molar-refractivity contribution in [1.29, 1.82) is 0 Å². The standard InChI is InChI=1S/C13H20N4OS.ClH/c1-2-10-16-17-12(19-10)15-11(18)13-6-4-3-5-9(13)7-14-8-13;/h9,14H,2-8H2,1H3,(H,15,17,18);1H/t9-,13+;/m0./s1. The summed E-state index contributed by atoms with van der Waals surface area (Å²) in [4.78, 5) is 12.7. The molecule has 1 aliphatic carbocycles. The minimum Gasteiger partial charge on any atom is -0.315 e. The van der Waals surface area contributed by atoms with Crippen molar-refractivity contribution in [2.24, 2.45) is 11.3 Å². The van der Waals surface area contributed by atoms with E-state index in [-0.39, 0.29) is 23.7 Å². The van der Waals surface area contributed by atoms with Gasteiger partial charge in [0.25, 0.3) is 0 Å². The van der Waals surface area contributed by atoms with Gasteiger partial charge in [-0.25, -0.2) is 0 Å². The van der Waals surface area contributed by atoms with Crippen molar-refractivity contribution in [3.8, 4) is 0 Å². The summed E-state index contributed by atoms with van der Waals surface area (Å²) in [7, 11) is 0. The van der Waals surface area contributed by atoms with E-state index in [2.05, 4.69) is 20.8 Å². The largest absolute Gasteiger partial charge is 0.315 e. The van der Waals surface area contributed by atoms with Gasteiger partial charge in [0.1, 0.15) is 5.01 Å². The Kier molecular flexibility index (Phi) is 4.99. The first-order valence-electron chi connectivity index (χ1n) is 7.09. The Labute approximate surface area is 129 Å². The third kappa shape index (κ3) is 2.69. The molecule has 1 amide bonds. The number of rotatable bonds is 3. The number of amides is 1. The molecule has 5 nitrogen and oxygen atoms in total. The van der Waals surface area contributed by atoms with Gasteiger partial charge in [-0.15, -0.1) is 22.6 Å². The summed E-state index contributed by atoms with van der Waals surface area (Å²) in [6.07, 6.45) is 5.43. The van der Waals surface area contributed by atoms with E-state index in [0.29, 0.717) is 11.0 Å². The number of halogens is 1. The molecule has 112 valence electrons. The molecule has 0 aromatic carbocycles. The van der Waals surface area contributed by atoms with Crippen LogP contribution in [0.2, 0.25) is 0 Å². The number of nitrogens with zero attached hydrogens (tertiary/aromatic N) is 2. The molecule has 1 aromatic heterocycles. The van der Waals surface area contributed by atoms with Gasteiger partial charge in [-0.2, -0.15) is 0 Å². The Balaban J connectivity index is 0.00000147. The number of anilines is 1. The van der Waals surface area contributed by atoms with E-state index in [0.717, 1.165) is 43.8 Å². The lowest BCUT2D eigenvalue weighted by Crippen LogP contribution is -2.44. The zero-order chi connectivity index (χ0) is 13.3. The molecule has 1 aromatic rings. The van der Waals surface area contributed by atoms with E-state index in [4.69, 9.17) is 0 Å². The van der Waals surface area contributed by atoms with E-state index in [1.54, 1.807) is 0 Å². The Morgan fingerprint density at radius 1 is 1.50 bits per heavy atom. The minimum absolute atomic E-state index is 0. The van der Waals surface area contributed by atoms with Gasteiger partial charge in [-0.1, -0.05) is 31.1 Å². The molecular weight excluding hydrogens is 296 g/mol. The zero-order valence-corrected chi connectivity index (χ0v) is 13.3. The molecule has 1 saturated carbocycles. The van der Waals surface area contributed by atoms with Crippen LogP contribution in [0.25, 0.3) is 0 Å². The lowest BCUT2D eigenvalue weighted by Gasteiger charge is -2.36. The third-order valence-electron chi connectivity index (χ3n) is 4.48. The van der Waals surface area contributed by atoms with Crippen LogP contribution in [0.5, 0.6) is 0 Å². The first kappa shape index (κ1) is 15.7. The van der Waals surface area contributed by atoms with E-state index >= 15 is 0 Å². The van der Waals surface area contributed by atoms with Gasteiger partial charge in [-0.3, -0.25) is 10.1 Å². The van der Waals surface area contributed by atoms with Gasteiger partial charge in [0, 0.05) is 6.54 Å². The average Bonchev–Trinajstić information content (AvgIpc) is 3.04. The molecule has 20 heavy (non-hydrogen) atoms. The molecule has 1 saturated heterocycles. The van der Waals surface area contributed by atoms with Gasteiger partial charge in [0.2, 0.25) is 11.0 Å². The van der Waals surface area contributed by atoms with Crippen molar-refractivity contribution in [2.75, 3.05) is 18.4 Å². The molecule has 7 heteroatoms. The van der Waals surface area contributed by atoms with Crippen molar-refractivity contribution in [3.63, 3.8) is 0 Å². The van der Waals surface area contributed by atoms with Crippen LogP contribution in [0.4, 0.5) is 5.13 Å². The highest BCUT2D eigenvalue weighted by atomic mass is 35.5. The second-order valence-electron chi connectivity index (χ2n) is 5.54. The predicted molar refractivity (Wildman–Crippen MR) is 82.4 cm³/mol. The summed E-state index contributed by atoms with van der Waals surface area (Å²) in [6.45, 7) is 3.83. The highest BCUT2D eigenvalue weighted by molar-refractivity contribution is 7.15. The summed E-state index contributed by atoms with van der Waals surface area (Å²) in [5.74, 6) is 0.626. The number of hydrogen-bond donors (Lipinski definition) is 2. The van der Waals surface area contributed by atoms with Gasteiger partial charge < -0.3 is 5.32 Å². The van der Waals surface area contributed by atoms with Crippen molar-refractivity contribution in [3.05, 3.63) is 5.01 Å². The highest BCUT2D eigenvalue weighted by Crippen LogP contribution is 2.44. The van der Waals surface area contributed by atoms with Crippen LogP contribution in [0.3, 0.4) is 0 Å². The number of fused-ring (bicyclic) bond motifs is 1. The first-order valence-corrected chi connectivity index (χ1v) is 7.91. The fraction of sp³-hybridized carbons (Fsp3) is 0.769. The molecule has 2 aliphatic rings. The Bertz CT molecular complexity index is 481. The average molecular weight is 317 g/mol. The third-order valence-corrected chi connectivity index (χ3v) is 5.46. The summed E-state index contributed by atoms with van der Waals surface area (Å²) in [5, 5.41) is 16.1. The SMILES string of the molecule is CCc1nnc(NC(=O)[C@@]23CCCC[C@H]2CNC3)s1.Cl. The maximum atomic E-state index is 12.7. The van der Waals surface area contributed by atoms with Crippen molar-refractivity contribution >= 4 is 34.8 Å². The smallest absolute Gasteiger partial charge is 0.234 e. The van der Waals surface area contributed by atoms with Crippen LogP contribution < -0.4 is 10.6 Å². The summed E-state index contributed by atoms with van der Waals surface area (Å²) in [5.41, 5.74) is -0.212. The number of carbonyl (C=O) groups is 1. The van der Waals surface area contributed by atoms with Crippen LogP contribution >= 0.6 is 23.7 Å². The molecule has 0 spiro atoms. The molecule has 3 rings (SSSR count). The topological polar surface area (TPSA) is 66.9 Å². The molecule has 2 N–H and O–H groups in total. The highest BCUT2D eigenvalue weighted by Gasteiger charge is 2.50. The van der Waals surface area contributed by atoms with E-state index in [9.17, 15) is 4.79 Å². The quantitative estimate of drug-likeness (QED) is 0.897. The molecule has 1 aliphatic heterocycles. The van der Waals surface area contributed by atoms with Crippen LogP contribution in [0.15, 0.2) is 0 Å². The first-order chi connectivity index (χ1) is 9.24. The summed E-state index contributed by atoms with van der Waals surface area (Å²) < 4.78 is 0. The molecule has 2 heterocycles. The molecule has 2 fully saturated rings. The van der Waals surface area contributed by atoms with Crippen molar-refractivity contribution in [2.45, 2.75) is 39.0 Å². The van der Waals surface area contributed by atoms with Crippen LogP contribution in [-0.4, -0.2) is 29.2 Å². The Hall–Kier alpha value is -0.720. The van der Waals surface area contributed by atoms with E-state index in [1.165, 1.54) is 17.8 Å². The summed E-state index contributed by atoms with van der Waals surface area (Å²) >= 11 is 1.48. The fourth-order valence-corrected chi connectivity index (χ4v) is 4.03. The van der Waals surface area contributed by atoms with Gasteiger partial charge >= 0.3 is 0 Å². The van der Waals surface area contributed by atoms with E-state index in [1.807, 2.05) is 6.92 Å². The molecular formula is C13H21ClN4OS. The lowest BCUT2D eigenvalue weighted by atomic mass is 9.68. The van der Waals surface area contributed by atoms with Crippen LogP contribution in [0.1, 0.15) is 37.6 Å². The molecule has 2 atom stereocenters. The maximum Gasteiger partial charge on any atom is 0.234 e. The normalized spacial score (nSPS) is 28.6. The lowest BCUT2D eigenvalue weighted by molar-refractivity contribution is -0.128.